The van der Waals surface area contributed by atoms with Crippen molar-refractivity contribution in [1.82, 2.24) is 15.2 Å². The Balaban J connectivity index is 1.60. The fourth-order valence-electron chi connectivity index (χ4n) is 3.47. The van der Waals surface area contributed by atoms with Crippen molar-refractivity contribution in [1.29, 1.82) is 0 Å². The number of carbonyl (C=O) groups excluding carboxylic acids is 1. The Morgan fingerprint density at radius 3 is 2.55 bits per heavy atom. The van der Waals surface area contributed by atoms with Gasteiger partial charge in [0.2, 0.25) is 0 Å². The van der Waals surface area contributed by atoms with Gasteiger partial charge in [0.1, 0.15) is 5.69 Å². The maximum absolute atomic E-state index is 12.8. The van der Waals surface area contributed by atoms with Crippen molar-refractivity contribution in [2.75, 3.05) is 20.1 Å². The van der Waals surface area contributed by atoms with E-state index in [1.54, 1.807) is 12.1 Å². The summed E-state index contributed by atoms with van der Waals surface area (Å²) in [6.45, 7) is 1.99. The molecule has 2 N–H and O–H groups in total. The number of benzene rings is 2. The molecule has 1 aliphatic heterocycles. The lowest BCUT2D eigenvalue weighted by Gasteiger charge is -2.29. The summed E-state index contributed by atoms with van der Waals surface area (Å²) in [7, 11) is 2.10. The molecular weight excluding hydrogens is 449 g/mol. The molecule has 4 nitrogen and oxygen atoms in total. The number of aromatic nitrogens is 1. The Morgan fingerprint density at radius 2 is 1.83 bits per heavy atom. The van der Waals surface area contributed by atoms with Crippen LogP contribution in [0.15, 0.2) is 46.2 Å². The van der Waals surface area contributed by atoms with Crippen LogP contribution in [0.1, 0.15) is 23.3 Å². The minimum Gasteiger partial charge on any atom is -0.350 e. The number of H-pyrrole nitrogens is 1. The maximum Gasteiger partial charge on any atom is 0.267 e. The Hall–Kier alpha value is -1.37. The van der Waals surface area contributed by atoms with Crippen molar-refractivity contribution in [2.24, 2.45) is 0 Å². The molecule has 1 saturated heterocycles. The molecule has 1 fully saturated rings. The zero-order chi connectivity index (χ0) is 20.5. The summed E-state index contributed by atoms with van der Waals surface area (Å²) in [5.41, 5.74) is 1.35. The number of likely N-dealkylation sites (tertiary alicyclic amines) is 1. The van der Waals surface area contributed by atoms with Crippen LogP contribution >= 0.6 is 46.6 Å². The Bertz CT molecular complexity index is 1060. The van der Waals surface area contributed by atoms with Crippen molar-refractivity contribution in [3.05, 3.63) is 57.2 Å². The van der Waals surface area contributed by atoms with Crippen LogP contribution in [-0.4, -0.2) is 42.0 Å². The molecule has 2 aromatic carbocycles. The molecule has 0 saturated carbocycles. The third-order valence-electron chi connectivity index (χ3n) is 5.08. The standard InChI is InChI=1S/C21H20Cl3N3OS/c1-27-6-4-14(5-7-27)25-21(28)18-11-15-17(26-18)9-13(23)10-20(15)29-19-3-2-12(22)8-16(19)24/h2-3,8-11,14,26H,4-7H2,1H3,(H,25,28). The molecule has 4 rings (SSSR count). The fourth-order valence-corrected chi connectivity index (χ4v) is 5.27. The third-order valence-corrected chi connectivity index (χ3v) is 7.09. The fraction of sp³-hybridized carbons (Fsp3) is 0.286. The number of amides is 1. The maximum atomic E-state index is 12.8. The molecule has 8 heteroatoms. The smallest absolute Gasteiger partial charge is 0.267 e. The molecule has 0 spiro atoms. The van der Waals surface area contributed by atoms with Crippen LogP contribution in [0.2, 0.25) is 15.1 Å². The molecule has 0 atom stereocenters. The number of nitrogens with zero attached hydrogens (tertiary/aromatic N) is 1. The first kappa shape index (κ1) is 20.9. The van der Waals surface area contributed by atoms with E-state index in [4.69, 9.17) is 34.8 Å². The lowest BCUT2D eigenvalue weighted by atomic mass is 10.1. The second kappa shape index (κ2) is 8.78. The van der Waals surface area contributed by atoms with Gasteiger partial charge in [-0.1, -0.05) is 46.6 Å². The van der Waals surface area contributed by atoms with Crippen LogP contribution in [0.5, 0.6) is 0 Å². The molecule has 2 heterocycles. The highest BCUT2D eigenvalue weighted by Gasteiger charge is 2.21. The first-order valence-electron chi connectivity index (χ1n) is 9.33. The molecule has 0 aliphatic carbocycles. The van der Waals surface area contributed by atoms with Crippen molar-refractivity contribution in [3.63, 3.8) is 0 Å². The van der Waals surface area contributed by atoms with Gasteiger partial charge in [-0.15, -0.1) is 0 Å². The van der Waals surface area contributed by atoms with Crippen LogP contribution in [-0.2, 0) is 0 Å². The van der Waals surface area contributed by atoms with E-state index in [2.05, 4.69) is 22.2 Å². The number of fused-ring (bicyclic) bond motifs is 1. The van der Waals surface area contributed by atoms with Crippen molar-refractivity contribution < 1.29 is 4.79 Å². The minimum absolute atomic E-state index is 0.0904. The van der Waals surface area contributed by atoms with E-state index in [9.17, 15) is 4.79 Å². The Morgan fingerprint density at radius 1 is 1.07 bits per heavy atom. The topological polar surface area (TPSA) is 48.1 Å². The molecule has 1 aromatic heterocycles. The average Bonchev–Trinajstić information content (AvgIpc) is 3.10. The largest absolute Gasteiger partial charge is 0.350 e. The Kier molecular flexibility index (Phi) is 6.32. The van der Waals surface area contributed by atoms with E-state index < -0.39 is 0 Å². The summed E-state index contributed by atoms with van der Waals surface area (Å²) in [5, 5.41) is 5.83. The number of halogens is 3. The summed E-state index contributed by atoms with van der Waals surface area (Å²) in [6.07, 6.45) is 1.93. The number of hydrogen-bond donors (Lipinski definition) is 2. The zero-order valence-corrected chi connectivity index (χ0v) is 18.9. The van der Waals surface area contributed by atoms with Gasteiger partial charge < -0.3 is 15.2 Å². The van der Waals surface area contributed by atoms with E-state index in [1.165, 1.54) is 11.8 Å². The van der Waals surface area contributed by atoms with Crippen LogP contribution < -0.4 is 5.32 Å². The van der Waals surface area contributed by atoms with E-state index in [1.807, 2.05) is 24.3 Å². The van der Waals surface area contributed by atoms with Gasteiger partial charge in [-0.3, -0.25) is 4.79 Å². The molecule has 152 valence electrons. The lowest BCUT2D eigenvalue weighted by Crippen LogP contribution is -2.43. The van der Waals surface area contributed by atoms with Gasteiger partial charge in [0.15, 0.2) is 0 Å². The van der Waals surface area contributed by atoms with E-state index in [-0.39, 0.29) is 11.9 Å². The molecule has 1 aliphatic rings. The summed E-state index contributed by atoms with van der Waals surface area (Å²) < 4.78 is 0. The molecule has 1 amide bonds. The second-order valence-electron chi connectivity index (χ2n) is 7.28. The van der Waals surface area contributed by atoms with Crippen molar-refractivity contribution >= 4 is 63.4 Å². The number of nitrogens with one attached hydrogen (secondary N) is 2. The second-order valence-corrected chi connectivity index (χ2v) is 9.64. The zero-order valence-electron chi connectivity index (χ0n) is 15.8. The van der Waals surface area contributed by atoms with E-state index in [0.717, 1.165) is 46.6 Å². The number of piperidine rings is 1. The third kappa shape index (κ3) is 4.86. The summed E-state index contributed by atoms with van der Waals surface area (Å²) in [4.78, 5) is 20.1. The van der Waals surface area contributed by atoms with Gasteiger partial charge in [0.25, 0.3) is 5.91 Å². The van der Waals surface area contributed by atoms with Gasteiger partial charge in [-0.2, -0.15) is 0 Å². The molecule has 0 bridgehead atoms. The number of carbonyl (C=O) groups is 1. The monoisotopic (exact) mass is 467 g/mol. The van der Waals surface area contributed by atoms with Gasteiger partial charge >= 0.3 is 0 Å². The van der Waals surface area contributed by atoms with Crippen molar-refractivity contribution in [3.8, 4) is 0 Å². The molecular formula is C21H20Cl3N3OS. The van der Waals surface area contributed by atoms with Crippen LogP contribution in [0.4, 0.5) is 0 Å². The van der Waals surface area contributed by atoms with Gasteiger partial charge in [-0.25, -0.2) is 0 Å². The van der Waals surface area contributed by atoms with Crippen molar-refractivity contribution in [2.45, 2.75) is 28.7 Å². The van der Waals surface area contributed by atoms with Crippen LogP contribution in [0.3, 0.4) is 0 Å². The highest BCUT2D eigenvalue weighted by Crippen LogP contribution is 2.39. The lowest BCUT2D eigenvalue weighted by molar-refractivity contribution is 0.0912. The summed E-state index contributed by atoms with van der Waals surface area (Å²) in [6, 6.07) is 11.2. The number of aromatic amines is 1. The minimum atomic E-state index is -0.0904. The molecule has 29 heavy (non-hydrogen) atoms. The predicted molar refractivity (Wildman–Crippen MR) is 122 cm³/mol. The average molecular weight is 469 g/mol. The molecule has 0 radical (unpaired) electrons. The summed E-state index contributed by atoms with van der Waals surface area (Å²) >= 11 is 20.1. The quantitative estimate of drug-likeness (QED) is 0.486. The van der Waals surface area contributed by atoms with E-state index in [0.29, 0.717) is 20.8 Å². The van der Waals surface area contributed by atoms with Gasteiger partial charge in [0.05, 0.1) is 5.02 Å². The van der Waals surface area contributed by atoms with Gasteiger partial charge in [0, 0.05) is 36.8 Å². The molecule has 0 unspecified atom stereocenters. The highest BCUT2D eigenvalue weighted by molar-refractivity contribution is 7.99. The normalized spacial score (nSPS) is 15.7. The summed E-state index contributed by atoms with van der Waals surface area (Å²) in [5.74, 6) is -0.0904. The molecule has 3 aromatic rings. The highest BCUT2D eigenvalue weighted by atomic mass is 35.5. The number of hydrogen-bond acceptors (Lipinski definition) is 3. The SMILES string of the molecule is CN1CCC(NC(=O)c2cc3c(Sc4ccc(Cl)cc4Cl)cc(Cl)cc3[nH]2)CC1. The van der Waals surface area contributed by atoms with Gasteiger partial charge in [-0.05, 0) is 69.4 Å². The Labute approximate surface area is 188 Å². The van der Waals surface area contributed by atoms with E-state index >= 15 is 0 Å². The van der Waals surface area contributed by atoms with Crippen LogP contribution in [0, 0.1) is 0 Å². The number of rotatable bonds is 4. The first-order chi connectivity index (χ1) is 13.9. The first-order valence-corrected chi connectivity index (χ1v) is 11.3. The predicted octanol–water partition coefficient (Wildman–Crippen LogP) is 6.10. The van der Waals surface area contributed by atoms with Crippen LogP contribution in [0.25, 0.3) is 10.9 Å².